The van der Waals surface area contributed by atoms with Gasteiger partial charge in [-0.15, -0.1) is 0 Å². The molecule has 0 spiro atoms. The van der Waals surface area contributed by atoms with Crippen molar-refractivity contribution in [1.82, 2.24) is 14.9 Å². The van der Waals surface area contributed by atoms with Crippen molar-refractivity contribution in [2.75, 3.05) is 36.8 Å². The predicted octanol–water partition coefficient (Wildman–Crippen LogP) is 1.04. The number of alkyl halides is 3. The van der Waals surface area contributed by atoms with Gasteiger partial charge in [-0.05, 0) is 6.92 Å². The fourth-order valence-electron chi connectivity index (χ4n) is 2.31. The van der Waals surface area contributed by atoms with Gasteiger partial charge in [-0.2, -0.15) is 18.2 Å². The van der Waals surface area contributed by atoms with Gasteiger partial charge >= 0.3 is 11.9 Å². The second-order valence-corrected chi connectivity index (χ2v) is 5.08. The maximum absolute atomic E-state index is 12.4. The van der Waals surface area contributed by atoms with Crippen molar-refractivity contribution in [3.63, 3.8) is 0 Å². The lowest BCUT2D eigenvalue weighted by Gasteiger charge is -2.39. The van der Waals surface area contributed by atoms with Crippen LogP contribution in [-0.4, -0.2) is 58.2 Å². The molecule has 1 unspecified atom stereocenters. The first-order valence-corrected chi connectivity index (χ1v) is 6.50. The van der Waals surface area contributed by atoms with Gasteiger partial charge in [0.2, 0.25) is 11.8 Å². The molecule has 1 aromatic heterocycles. The van der Waals surface area contributed by atoms with Gasteiger partial charge in [0.25, 0.3) is 0 Å². The van der Waals surface area contributed by atoms with Crippen LogP contribution in [0.1, 0.15) is 6.92 Å². The van der Waals surface area contributed by atoms with Crippen LogP contribution >= 0.6 is 0 Å². The summed E-state index contributed by atoms with van der Waals surface area (Å²) in [6, 6.07) is -0.351. The summed E-state index contributed by atoms with van der Waals surface area (Å²) >= 11 is 0. The topological polar surface area (TPSA) is 101 Å². The minimum atomic E-state index is -4.25. The van der Waals surface area contributed by atoms with E-state index in [1.165, 1.54) is 4.90 Å². The number of rotatable bonds is 3. The third kappa shape index (κ3) is 3.72. The zero-order valence-corrected chi connectivity index (χ0v) is 11.7. The molecule has 22 heavy (non-hydrogen) atoms. The summed E-state index contributed by atoms with van der Waals surface area (Å²) in [7, 11) is 0. The Morgan fingerprint density at radius 1 is 1.50 bits per heavy atom. The number of anilines is 2. The lowest BCUT2D eigenvalue weighted by atomic mass is 10.2. The molecule has 1 atom stereocenters. The Bertz CT molecular complexity index is 567. The van der Waals surface area contributed by atoms with E-state index in [2.05, 4.69) is 9.97 Å². The minimum Gasteiger partial charge on any atom is -0.378 e. The van der Waals surface area contributed by atoms with E-state index < -0.39 is 23.3 Å². The molecule has 0 radical (unpaired) electrons. The van der Waals surface area contributed by atoms with Crippen LogP contribution in [0.5, 0.6) is 0 Å². The van der Waals surface area contributed by atoms with E-state index in [1.807, 2.05) is 0 Å². The van der Waals surface area contributed by atoms with Crippen LogP contribution in [-0.2, 0) is 0 Å². The van der Waals surface area contributed by atoms with Gasteiger partial charge in [-0.25, -0.2) is 4.98 Å². The van der Waals surface area contributed by atoms with Crippen LogP contribution in [0.3, 0.4) is 0 Å². The molecule has 1 aromatic rings. The molecule has 0 aliphatic carbocycles. The maximum atomic E-state index is 12.4. The monoisotopic (exact) mass is 320 g/mol. The van der Waals surface area contributed by atoms with Gasteiger partial charge in [0.15, 0.2) is 0 Å². The van der Waals surface area contributed by atoms with Crippen molar-refractivity contribution in [1.29, 1.82) is 0 Å². The molecule has 1 fully saturated rings. The Kier molecular flexibility index (Phi) is 4.35. The summed E-state index contributed by atoms with van der Waals surface area (Å²) in [5.41, 5.74) is 5.10. The first-order chi connectivity index (χ1) is 10.2. The molecular formula is C11H15F3N6O2. The number of nitro groups is 1. The average Bonchev–Trinajstić information content (AvgIpc) is 2.39. The Morgan fingerprint density at radius 3 is 2.68 bits per heavy atom. The molecule has 1 saturated heterocycles. The molecule has 8 nitrogen and oxygen atoms in total. The van der Waals surface area contributed by atoms with Crippen molar-refractivity contribution in [3.05, 3.63) is 16.3 Å². The van der Waals surface area contributed by atoms with E-state index >= 15 is 0 Å². The number of aromatic nitrogens is 2. The number of hydrogen-bond acceptors (Lipinski definition) is 7. The Balaban J connectivity index is 2.07. The fourth-order valence-corrected chi connectivity index (χ4v) is 2.31. The van der Waals surface area contributed by atoms with Crippen LogP contribution in [0.4, 0.5) is 30.6 Å². The highest BCUT2D eigenvalue weighted by molar-refractivity contribution is 5.53. The number of nitrogen functional groups attached to an aromatic ring is 1. The first kappa shape index (κ1) is 16.2. The molecule has 122 valence electrons. The molecular weight excluding hydrogens is 305 g/mol. The zero-order valence-electron chi connectivity index (χ0n) is 11.7. The van der Waals surface area contributed by atoms with Crippen molar-refractivity contribution >= 4 is 17.5 Å². The van der Waals surface area contributed by atoms with Gasteiger partial charge in [-0.1, -0.05) is 0 Å². The van der Waals surface area contributed by atoms with Gasteiger partial charge in [0, 0.05) is 25.7 Å². The summed E-state index contributed by atoms with van der Waals surface area (Å²) in [6.45, 7) is 1.48. The quantitative estimate of drug-likeness (QED) is 0.656. The van der Waals surface area contributed by atoms with Crippen LogP contribution < -0.4 is 10.6 Å². The van der Waals surface area contributed by atoms with Crippen LogP contribution in [0.25, 0.3) is 0 Å². The average molecular weight is 320 g/mol. The number of hydrogen-bond donors (Lipinski definition) is 1. The van der Waals surface area contributed by atoms with E-state index in [-0.39, 0.29) is 37.4 Å². The molecule has 2 rings (SSSR count). The second kappa shape index (κ2) is 5.91. The lowest BCUT2D eigenvalue weighted by Crippen LogP contribution is -2.54. The molecule has 1 aliphatic rings. The van der Waals surface area contributed by atoms with Crippen molar-refractivity contribution in [2.45, 2.75) is 19.1 Å². The Labute approximate surface area is 123 Å². The summed E-state index contributed by atoms with van der Waals surface area (Å²) in [6.07, 6.45) is -3.24. The van der Waals surface area contributed by atoms with Crippen LogP contribution in [0.15, 0.2) is 6.20 Å². The number of piperazine rings is 1. The number of halogens is 3. The zero-order chi connectivity index (χ0) is 16.5. The van der Waals surface area contributed by atoms with E-state index in [0.29, 0.717) is 0 Å². The van der Waals surface area contributed by atoms with Gasteiger partial charge < -0.3 is 10.6 Å². The van der Waals surface area contributed by atoms with Gasteiger partial charge in [-0.3, -0.25) is 15.0 Å². The number of nitrogens with two attached hydrogens (primary N) is 1. The summed E-state index contributed by atoms with van der Waals surface area (Å²) in [5, 5.41) is 10.7. The fraction of sp³-hybridized carbons (Fsp3) is 0.636. The normalized spacial score (nSPS) is 20.2. The van der Waals surface area contributed by atoms with Crippen LogP contribution in [0, 0.1) is 10.1 Å². The van der Waals surface area contributed by atoms with Gasteiger partial charge in [0.05, 0.1) is 11.5 Å². The minimum absolute atomic E-state index is 0.182. The summed E-state index contributed by atoms with van der Waals surface area (Å²) in [4.78, 5) is 20.7. The lowest BCUT2D eigenvalue weighted by molar-refractivity contribution is -0.384. The molecule has 0 amide bonds. The highest BCUT2D eigenvalue weighted by atomic mass is 19.4. The van der Waals surface area contributed by atoms with Crippen molar-refractivity contribution < 1.29 is 18.1 Å². The highest BCUT2D eigenvalue weighted by Crippen LogP contribution is 2.24. The second-order valence-electron chi connectivity index (χ2n) is 5.08. The summed E-state index contributed by atoms with van der Waals surface area (Å²) < 4.78 is 37.3. The highest BCUT2D eigenvalue weighted by Gasteiger charge is 2.35. The molecule has 11 heteroatoms. The molecule has 0 aromatic carbocycles. The van der Waals surface area contributed by atoms with E-state index in [9.17, 15) is 23.3 Å². The van der Waals surface area contributed by atoms with Crippen molar-refractivity contribution in [2.24, 2.45) is 0 Å². The molecule has 2 heterocycles. The molecule has 1 aliphatic heterocycles. The smallest absolute Gasteiger partial charge is 0.378 e. The predicted molar refractivity (Wildman–Crippen MR) is 72.4 cm³/mol. The van der Waals surface area contributed by atoms with E-state index in [0.717, 1.165) is 6.20 Å². The number of nitrogens with zero attached hydrogens (tertiary/aromatic N) is 5. The molecule has 0 saturated carbocycles. The SMILES string of the molecule is CC1CN(c2ncc([N+](=O)[O-])c(N)n2)CCN1CC(F)(F)F. The van der Waals surface area contributed by atoms with Crippen LogP contribution in [0.2, 0.25) is 0 Å². The molecule has 0 bridgehead atoms. The van der Waals surface area contributed by atoms with E-state index in [1.54, 1.807) is 11.8 Å². The maximum Gasteiger partial charge on any atom is 0.401 e. The standard InChI is InChI=1S/C11H15F3N6O2/c1-7-5-18(2-3-19(7)6-11(12,13)14)10-16-4-8(20(21)22)9(15)17-10/h4,7H,2-3,5-6H2,1H3,(H2,15,16,17). The summed E-state index contributed by atoms with van der Waals surface area (Å²) in [5.74, 6) is -0.0815. The van der Waals surface area contributed by atoms with Crippen molar-refractivity contribution in [3.8, 4) is 0 Å². The Morgan fingerprint density at radius 2 is 2.18 bits per heavy atom. The van der Waals surface area contributed by atoms with Gasteiger partial charge in [0.1, 0.15) is 6.20 Å². The largest absolute Gasteiger partial charge is 0.401 e. The van der Waals surface area contributed by atoms with E-state index in [4.69, 9.17) is 5.73 Å². The first-order valence-electron chi connectivity index (χ1n) is 6.50. The third-order valence-corrected chi connectivity index (χ3v) is 3.41. The Hall–Kier alpha value is -2.17. The third-order valence-electron chi connectivity index (χ3n) is 3.41. The molecule has 2 N–H and O–H groups in total.